The number of quaternary nitrogens is 2. The fraction of sp³-hybridized carbons (Fsp3) is 1.00. The SMILES string of the molecule is CCOS(=O)(=O)[O-].CCOS(=O)(=O)[O-].CC[NH+](C)C.CC[NH3+]. The Morgan fingerprint density at radius 2 is 1.05 bits per heavy atom. The highest BCUT2D eigenvalue weighted by Crippen LogP contribution is 1.81. The molecule has 0 saturated heterocycles. The molecule has 22 heavy (non-hydrogen) atoms. The van der Waals surface area contributed by atoms with Gasteiger partial charge in [0.2, 0.25) is 20.8 Å². The summed E-state index contributed by atoms with van der Waals surface area (Å²) in [6.07, 6.45) is 0. The first-order chi connectivity index (χ1) is 9.81. The van der Waals surface area contributed by atoms with E-state index in [1.807, 2.05) is 6.92 Å². The van der Waals surface area contributed by atoms with Crippen molar-refractivity contribution in [1.82, 2.24) is 0 Å². The summed E-state index contributed by atoms with van der Waals surface area (Å²) >= 11 is 0. The summed E-state index contributed by atoms with van der Waals surface area (Å²) in [5.74, 6) is 0. The van der Waals surface area contributed by atoms with E-state index in [9.17, 15) is 25.9 Å². The van der Waals surface area contributed by atoms with Gasteiger partial charge >= 0.3 is 0 Å². The Morgan fingerprint density at radius 3 is 1.05 bits per heavy atom. The molecular formula is C10H30N2O8S2. The van der Waals surface area contributed by atoms with Gasteiger partial charge in [-0.2, -0.15) is 0 Å². The lowest BCUT2D eigenvalue weighted by Gasteiger charge is -2.02. The van der Waals surface area contributed by atoms with Gasteiger partial charge in [0.1, 0.15) is 0 Å². The summed E-state index contributed by atoms with van der Waals surface area (Å²) in [4.78, 5) is 1.50. The summed E-state index contributed by atoms with van der Waals surface area (Å²) < 4.78 is 64.0. The molecule has 0 unspecified atom stereocenters. The smallest absolute Gasteiger partial charge is 0.217 e. The third-order valence-corrected chi connectivity index (χ3v) is 2.28. The molecule has 0 aromatic carbocycles. The van der Waals surface area contributed by atoms with Gasteiger partial charge in [-0.05, 0) is 27.7 Å². The molecule has 0 aliphatic heterocycles. The normalized spacial score (nSPS) is 10.5. The molecule has 0 amide bonds. The van der Waals surface area contributed by atoms with Crippen molar-refractivity contribution in [1.29, 1.82) is 0 Å². The summed E-state index contributed by atoms with van der Waals surface area (Å²) in [5, 5.41) is 0. The Labute approximate surface area is 134 Å². The zero-order valence-electron chi connectivity index (χ0n) is 14.1. The standard InChI is InChI=1S/C4H11N.C2H7N.2C2H6O4S/c1-4-5(2)3;1-2-3;2*1-2-6-7(3,4)5/h4H2,1-3H3;2-3H2,1H3;2*2H2,1H3,(H,3,4,5). The van der Waals surface area contributed by atoms with Gasteiger partial charge in [0.15, 0.2) is 0 Å². The summed E-state index contributed by atoms with van der Waals surface area (Å²) in [6.45, 7) is 9.07. The van der Waals surface area contributed by atoms with Crippen LogP contribution in [0, 0.1) is 0 Å². The van der Waals surface area contributed by atoms with Gasteiger partial charge in [-0.25, -0.2) is 16.8 Å². The Morgan fingerprint density at radius 1 is 0.864 bits per heavy atom. The van der Waals surface area contributed by atoms with E-state index in [1.165, 1.54) is 25.3 Å². The van der Waals surface area contributed by atoms with Crippen LogP contribution >= 0.6 is 0 Å². The van der Waals surface area contributed by atoms with Crippen LogP contribution in [0.25, 0.3) is 0 Å². The second-order valence-corrected chi connectivity index (χ2v) is 5.79. The molecule has 0 radical (unpaired) electrons. The van der Waals surface area contributed by atoms with Crippen LogP contribution in [-0.4, -0.2) is 66.3 Å². The third kappa shape index (κ3) is 73.4. The molecule has 0 aliphatic rings. The summed E-state index contributed by atoms with van der Waals surface area (Å²) in [7, 11) is -4.57. The highest BCUT2D eigenvalue weighted by atomic mass is 32.3. The van der Waals surface area contributed by atoms with Crippen LogP contribution < -0.4 is 10.6 Å². The Balaban J connectivity index is -0.000000103. The molecule has 12 heteroatoms. The predicted octanol–water partition coefficient (Wildman–Crippen LogP) is -2.63. The van der Waals surface area contributed by atoms with E-state index in [0.717, 1.165) is 6.54 Å². The maximum absolute atomic E-state index is 9.45. The van der Waals surface area contributed by atoms with Crippen molar-refractivity contribution >= 4 is 20.8 Å². The molecule has 0 aromatic rings. The zero-order chi connectivity index (χ0) is 18.8. The monoisotopic (exact) mass is 370 g/mol. The minimum atomic E-state index is -4.42. The van der Waals surface area contributed by atoms with E-state index < -0.39 is 20.8 Å². The van der Waals surface area contributed by atoms with Crippen molar-refractivity contribution in [3.05, 3.63) is 0 Å². The second-order valence-electron chi connectivity index (χ2n) is 3.69. The van der Waals surface area contributed by atoms with Gasteiger partial charge in [0.05, 0.1) is 40.4 Å². The molecule has 10 nitrogen and oxygen atoms in total. The van der Waals surface area contributed by atoms with Crippen LogP contribution in [0.5, 0.6) is 0 Å². The lowest BCUT2D eigenvalue weighted by atomic mass is 10.7. The highest BCUT2D eigenvalue weighted by Gasteiger charge is 1.85. The molecule has 0 fully saturated rings. The van der Waals surface area contributed by atoms with Crippen LogP contribution in [0.1, 0.15) is 27.7 Å². The number of hydrogen-bond acceptors (Lipinski definition) is 8. The van der Waals surface area contributed by atoms with Crippen LogP contribution in [0.3, 0.4) is 0 Å². The van der Waals surface area contributed by atoms with Gasteiger partial charge in [-0.15, -0.1) is 0 Å². The Kier molecular flexibility index (Phi) is 25.2. The van der Waals surface area contributed by atoms with Gasteiger partial charge in [0.25, 0.3) is 0 Å². The molecule has 0 spiro atoms. The van der Waals surface area contributed by atoms with Crippen LogP contribution in [0.4, 0.5) is 0 Å². The molecule has 0 aliphatic carbocycles. The minimum absolute atomic E-state index is 0.0914. The van der Waals surface area contributed by atoms with Crippen molar-refractivity contribution in [3.8, 4) is 0 Å². The van der Waals surface area contributed by atoms with Crippen molar-refractivity contribution in [2.75, 3.05) is 40.4 Å². The van der Waals surface area contributed by atoms with Crippen molar-refractivity contribution in [2.45, 2.75) is 27.7 Å². The number of rotatable bonds is 5. The van der Waals surface area contributed by atoms with Gasteiger partial charge in [0, 0.05) is 0 Å². The highest BCUT2D eigenvalue weighted by molar-refractivity contribution is 7.81. The van der Waals surface area contributed by atoms with Crippen LogP contribution in [0.2, 0.25) is 0 Å². The summed E-state index contributed by atoms with van der Waals surface area (Å²) in [5.41, 5.74) is 3.49. The topological polar surface area (TPSA) is 165 Å². The average molecular weight is 370 g/mol. The predicted molar refractivity (Wildman–Crippen MR) is 79.4 cm³/mol. The quantitative estimate of drug-likeness (QED) is 0.391. The van der Waals surface area contributed by atoms with Crippen molar-refractivity contribution in [2.24, 2.45) is 0 Å². The minimum Gasteiger partial charge on any atom is -0.726 e. The molecule has 0 saturated carbocycles. The van der Waals surface area contributed by atoms with E-state index in [0.29, 0.717) is 0 Å². The first-order valence-electron chi connectivity index (χ1n) is 6.59. The largest absolute Gasteiger partial charge is 0.726 e. The molecule has 140 valence electrons. The first-order valence-corrected chi connectivity index (χ1v) is 9.26. The fourth-order valence-electron chi connectivity index (χ4n) is 0.289. The second kappa shape index (κ2) is 18.7. The van der Waals surface area contributed by atoms with E-state index in [2.05, 4.69) is 35.1 Å². The number of nitrogens with one attached hydrogen (secondary N) is 1. The average Bonchev–Trinajstić information content (AvgIpc) is 2.28. The third-order valence-electron chi connectivity index (χ3n) is 1.23. The molecule has 4 N–H and O–H groups in total. The molecule has 0 rings (SSSR count). The van der Waals surface area contributed by atoms with Gasteiger partial charge in [-0.3, -0.25) is 8.37 Å². The van der Waals surface area contributed by atoms with Crippen LogP contribution in [0.15, 0.2) is 0 Å². The Bertz CT molecular complexity index is 361. The summed E-state index contributed by atoms with van der Waals surface area (Å²) in [6, 6.07) is 0. The van der Waals surface area contributed by atoms with E-state index in [-0.39, 0.29) is 13.2 Å². The van der Waals surface area contributed by atoms with Gasteiger partial charge in [-0.1, -0.05) is 0 Å². The Hall–Kier alpha value is -0.340. The lowest BCUT2D eigenvalue weighted by molar-refractivity contribution is -0.856. The molecule has 0 heterocycles. The van der Waals surface area contributed by atoms with Crippen molar-refractivity contribution < 1.29 is 44.9 Å². The molecular weight excluding hydrogens is 340 g/mol. The van der Waals surface area contributed by atoms with Crippen molar-refractivity contribution in [3.63, 3.8) is 0 Å². The molecule has 0 atom stereocenters. The van der Waals surface area contributed by atoms with E-state index >= 15 is 0 Å². The number of hydrogen-bond donors (Lipinski definition) is 2. The lowest BCUT2D eigenvalue weighted by Crippen LogP contribution is -3.05. The molecule has 0 aromatic heterocycles. The maximum Gasteiger partial charge on any atom is 0.217 e. The maximum atomic E-state index is 9.45. The zero-order valence-corrected chi connectivity index (χ0v) is 15.8. The van der Waals surface area contributed by atoms with Crippen LogP contribution in [-0.2, 0) is 29.2 Å². The van der Waals surface area contributed by atoms with E-state index in [4.69, 9.17) is 0 Å². The fourth-order valence-corrected chi connectivity index (χ4v) is 0.866. The van der Waals surface area contributed by atoms with E-state index in [1.54, 1.807) is 0 Å². The van der Waals surface area contributed by atoms with Gasteiger partial charge < -0.3 is 19.7 Å². The first kappa shape index (κ1) is 29.6. The molecule has 0 bridgehead atoms.